The number of ether oxygens (including phenoxy) is 2. The second-order valence-electron chi connectivity index (χ2n) is 4.42. The molecule has 2 rings (SSSR count). The summed E-state index contributed by atoms with van der Waals surface area (Å²) in [5.74, 6) is 0.843. The second-order valence-corrected chi connectivity index (χ2v) is 4.42. The minimum absolute atomic E-state index is 0.0981. The summed E-state index contributed by atoms with van der Waals surface area (Å²) in [5.41, 5.74) is 0.509. The van der Waals surface area contributed by atoms with Gasteiger partial charge in [-0.3, -0.25) is 9.59 Å². The van der Waals surface area contributed by atoms with Gasteiger partial charge in [-0.2, -0.15) is 0 Å². The molecule has 1 aliphatic heterocycles. The number of rotatable bonds is 4. The van der Waals surface area contributed by atoms with E-state index in [2.05, 4.69) is 5.32 Å². The van der Waals surface area contributed by atoms with Crippen molar-refractivity contribution in [3.05, 3.63) is 23.8 Å². The maximum absolute atomic E-state index is 11.8. The first kappa shape index (κ1) is 13.4. The van der Waals surface area contributed by atoms with E-state index in [1.165, 1.54) is 7.11 Å². The molecule has 1 heterocycles. The van der Waals surface area contributed by atoms with Crippen molar-refractivity contribution in [1.82, 2.24) is 5.32 Å². The minimum atomic E-state index is -0.501. The molecule has 5 heteroatoms. The number of methoxy groups -OCH3 is 1. The van der Waals surface area contributed by atoms with Gasteiger partial charge in [-0.1, -0.05) is 0 Å². The Morgan fingerprint density at radius 3 is 2.89 bits per heavy atom. The molecule has 0 radical (unpaired) electrons. The summed E-state index contributed by atoms with van der Waals surface area (Å²) >= 11 is 0. The average Bonchev–Trinajstić information content (AvgIpc) is 2.64. The number of amides is 1. The quantitative estimate of drug-likeness (QED) is 0.837. The van der Waals surface area contributed by atoms with Gasteiger partial charge in [-0.15, -0.1) is 0 Å². The normalized spacial score (nSPS) is 19.2. The largest absolute Gasteiger partial charge is 0.493 e. The van der Waals surface area contributed by atoms with Crippen LogP contribution in [0.15, 0.2) is 18.2 Å². The average molecular weight is 263 g/mol. The van der Waals surface area contributed by atoms with E-state index in [-0.39, 0.29) is 5.91 Å². The van der Waals surface area contributed by atoms with E-state index < -0.39 is 6.10 Å². The molecule has 0 spiro atoms. The molecule has 19 heavy (non-hydrogen) atoms. The van der Waals surface area contributed by atoms with Gasteiger partial charge in [0, 0.05) is 12.1 Å². The Hall–Kier alpha value is -2.04. The molecule has 102 valence electrons. The fraction of sp³-hybridized carbons (Fsp3) is 0.429. The standard InChI is InChI=1S/C14H17NO4/c1-18-13-8-10(9-16)5-6-11(13)19-12-4-2-3-7-15-14(12)17/h5-6,8-9,12H,2-4,7H2,1H3,(H,15,17). The highest BCUT2D eigenvalue weighted by molar-refractivity contribution is 5.81. The number of hydrogen-bond acceptors (Lipinski definition) is 4. The number of nitrogens with one attached hydrogen (secondary N) is 1. The van der Waals surface area contributed by atoms with Crippen LogP contribution in [-0.2, 0) is 4.79 Å². The number of carbonyl (C=O) groups excluding carboxylic acids is 2. The summed E-state index contributed by atoms with van der Waals surface area (Å²) in [7, 11) is 1.50. The zero-order valence-electron chi connectivity index (χ0n) is 10.8. The zero-order valence-corrected chi connectivity index (χ0v) is 10.8. The van der Waals surface area contributed by atoms with Crippen LogP contribution in [0.2, 0.25) is 0 Å². The fourth-order valence-corrected chi connectivity index (χ4v) is 2.03. The van der Waals surface area contributed by atoms with Crippen molar-refractivity contribution < 1.29 is 19.1 Å². The van der Waals surface area contributed by atoms with E-state index in [4.69, 9.17) is 9.47 Å². The highest BCUT2D eigenvalue weighted by Crippen LogP contribution is 2.29. The van der Waals surface area contributed by atoms with Crippen LogP contribution >= 0.6 is 0 Å². The predicted molar refractivity (Wildman–Crippen MR) is 69.7 cm³/mol. The molecule has 1 aromatic rings. The van der Waals surface area contributed by atoms with Gasteiger partial charge in [-0.25, -0.2) is 0 Å². The van der Waals surface area contributed by atoms with Crippen LogP contribution < -0.4 is 14.8 Å². The van der Waals surface area contributed by atoms with Gasteiger partial charge in [0.2, 0.25) is 0 Å². The van der Waals surface area contributed by atoms with E-state index >= 15 is 0 Å². The molecule has 0 bridgehead atoms. The lowest BCUT2D eigenvalue weighted by atomic mass is 10.1. The monoisotopic (exact) mass is 263 g/mol. The fourth-order valence-electron chi connectivity index (χ4n) is 2.03. The molecular weight excluding hydrogens is 246 g/mol. The third-order valence-electron chi connectivity index (χ3n) is 3.08. The lowest BCUT2D eigenvalue weighted by Crippen LogP contribution is -2.36. The topological polar surface area (TPSA) is 64.6 Å². The number of aldehydes is 1. The Balaban J connectivity index is 2.17. The molecule has 1 atom stereocenters. The smallest absolute Gasteiger partial charge is 0.261 e. The summed E-state index contributed by atoms with van der Waals surface area (Å²) in [5, 5.41) is 2.81. The molecule has 0 aromatic heterocycles. The first-order valence-corrected chi connectivity index (χ1v) is 6.32. The Morgan fingerprint density at radius 1 is 1.32 bits per heavy atom. The molecular formula is C14H17NO4. The second kappa shape index (κ2) is 6.22. The lowest BCUT2D eigenvalue weighted by molar-refractivity contribution is -0.127. The molecule has 1 aromatic carbocycles. The predicted octanol–water partition coefficient (Wildman–Crippen LogP) is 1.56. The third-order valence-corrected chi connectivity index (χ3v) is 3.08. The highest BCUT2D eigenvalue weighted by atomic mass is 16.5. The van der Waals surface area contributed by atoms with E-state index in [9.17, 15) is 9.59 Å². The van der Waals surface area contributed by atoms with Crippen molar-refractivity contribution in [2.45, 2.75) is 25.4 Å². The van der Waals surface area contributed by atoms with Gasteiger partial charge >= 0.3 is 0 Å². The molecule has 1 fully saturated rings. The molecule has 1 unspecified atom stereocenters. The summed E-state index contributed by atoms with van der Waals surface area (Å²) in [6.45, 7) is 0.694. The van der Waals surface area contributed by atoms with Gasteiger partial charge in [0.1, 0.15) is 6.29 Å². The molecule has 1 amide bonds. The molecule has 1 N–H and O–H groups in total. The van der Waals surface area contributed by atoms with Gasteiger partial charge in [0.25, 0.3) is 5.91 Å². The Kier molecular flexibility index (Phi) is 4.39. The maximum Gasteiger partial charge on any atom is 0.261 e. The van der Waals surface area contributed by atoms with Gasteiger partial charge in [-0.05, 0) is 37.5 Å². The summed E-state index contributed by atoms with van der Waals surface area (Å²) < 4.78 is 10.9. The maximum atomic E-state index is 11.8. The van der Waals surface area contributed by atoms with Crippen LogP contribution in [0.25, 0.3) is 0 Å². The van der Waals surface area contributed by atoms with Gasteiger partial charge in [0.05, 0.1) is 7.11 Å². The minimum Gasteiger partial charge on any atom is -0.493 e. The molecule has 5 nitrogen and oxygen atoms in total. The Labute approximate surface area is 111 Å². The van der Waals surface area contributed by atoms with Crippen molar-refractivity contribution in [3.63, 3.8) is 0 Å². The highest BCUT2D eigenvalue weighted by Gasteiger charge is 2.23. The van der Waals surface area contributed by atoms with Crippen LogP contribution in [0.1, 0.15) is 29.6 Å². The van der Waals surface area contributed by atoms with Crippen molar-refractivity contribution in [2.75, 3.05) is 13.7 Å². The van der Waals surface area contributed by atoms with Crippen LogP contribution in [0.4, 0.5) is 0 Å². The number of carbonyl (C=O) groups is 2. The van der Waals surface area contributed by atoms with Crippen LogP contribution in [0, 0.1) is 0 Å². The molecule has 1 saturated heterocycles. The van der Waals surface area contributed by atoms with Crippen molar-refractivity contribution >= 4 is 12.2 Å². The van der Waals surface area contributed by atoms with Crippen LogP contribution in [0.5, 0.6) is 11.5 Å². The van der Waals surface area contributed by atoms with Gasteiger partial charge < -0.3 is 14.8 Å². The van der Waals surface area contributed by atoms with E-state index in [0.717, 1.165) is 19.1 Å². The first-order chi connectivity index (χ1) is 9.24. The zero-order chi connectivity index (χ0) is 13.7. The Morgan fingerprint density at radius 2 is 2.16 bits per heavy atom. The SMILES string of the molecule is COc1cc(C=O)ccc1OC1CCCCNC1=O. The van der Waals surface area contributed by atoms with E-state index in [0.29, 0.717) is 30.0 Å². The molecule has 1 aliphatic rings. The van der Waals surface area contributed by atoms with E-state index in [1.807, 2.05) is 0 Å². The third kappa shape index (κ3) is 3.24. The summed E-state index contributed by atoms with van der Waals surface area (Å²) in [6, 6.07) is 4.89. The molecule has 0 saturated carbocycles. The molecule has 0 aliphatic carbocycles. The van der Waals surface area contributed by atoms with Gasteiger partial charge in [0.15, 0.2) is 17.6 Å². The van der Waals surface area contributed by atoms with E-state index in [1.54, 1.807) is 18.2 Å². The van der Waals surface area contributed by atoms with Crippen LogP contribution in [-0.4, -0.2) is 32.0 Å². The summed E-state index contributed by atoms with van der Waals surface area (Å²) in [6.07, 6.45) is 2.83. The lowest BCUT2D eigenvalue weighted by Gasteiger charge is -2.17. The number of benzene rings is 1. The van der Waals surface area contributed by atoms with Crippen molar-refractivity contribution in [2.24, 2.45) is 0 Å². The van der Waals surface area contributed by atoms with Crippen LogP contribution in [0.3, 0.4) is 0 Å². The number of hydrogen-bond donors (Lipinski definition) is 1. The Bertz CT molecular complexity index is 473. The van der Waals surface area contributed by atoms with Crippen molar-refractivity contribution in [3.8, 4) is 11.5 Å². The summed E-state index contributed by atoms with van der Waals surface area (Å²) in [4.78, 5) is 22.5. The van der Waals surface area contributed by atoms with Crippen molar-refractivity contribution in [1.29, 1.82) is 0 Å². The first-order valence-electron chi connectivity index (χ1n) is 6.32.